The molecule has 16 heavy (non-hydrogen) atoms. The van der Waals surface area contributed by atoms with E-state index < -0.39 is 12.0 Å². The maximum absolute atomic E-state index is 11.0. The van der Waals surface area contributed by atoms with Crippen LogP contribution < -0.4 is 5.32 Å². The first-order valence-corrected chi connectivity index (χ1v) is 6.09. The van der Waals surface area contributed by atoms with Gasteiger partial charge in [0.1, 0.15) is 6.04 Å². The minimum atomic E-state index is -0.811. The van der Waals surface area contributed by atoms with E-state index in [9.17, 15) is 4.79 Å². The summed E-state index contributed by atoms with van der Waals surface area (Å²) in [6.45, 7) is 3.97. The van der Waals surface area contributed by atoms with Crippen molar-refractivity contribution in [3.63, 3.8) is 0 Å². The lowest BCUT2D eigenvalue weighted by Gasteiger charge is -2.16. The Morgan fingerprint density at radius 3 is 2.75 bits per heavy atom. The quantitative estimate of drug-likeness (QED) is 0.872. The molecule has 0 aromatic heterocycles. The van der Waals surface area contributed by atoms with Crippen molar-refractivity contribution in [3.8, 4) is 0 Å². The van der Waals surface area contributed by atoms with Gasteiger partial charge in [-0.25, -0.2) is 4.79 Å². The number of anilines is 1. The van der Waals surface area contributed by atoms with E-state index in [0.29, 0.717) is 6.42 Å². The van der Waals surface area contributed by atoms with Gasteiger partial charge in [0.05, 0.1) is 0 Å². The predicted molar refractivity (Wildman–Crippen MR) is 68.8 cm³/mol. The van der Waals surface area contributed by atoms with E-state index in [2.05, 4.69) is 21.2 Å². The van der Waals surface area contributed by atoms with Crippen LogP contribution in [-0.4, -0.2) is 17.1 Å². The zero-order valence-corrected chi connectivity index (χ0v) is 11.0. The van der Waals surface area contributed by atoms with E-state index >= 15 is 0 Å². The number of hydrogen-bond donors (Lipinski definition) is 2. The summed E-state index contributed by atoms with van der Waals surface area (Å²) in [5, 5.41) is 12.1. The minimum Gasteiger partial charge on any atom is -0.480 e. The van der Waals surface area contributed by atoms with E-state index in [-0.39, 0.29) is 0 Å². The minimum absolute atomic E-state index is 0.524. The molecule has 1 aromatic carbocycles. The van der Waals surface area contributed by atoms with Crippen molar-refractivity contribution in [2.45, 2.75) is 32.7 Å². The summed E-state index contributed by atoms with van der Waals surface area (Å²) in [5.41, 5.74) is 1.96. The van der Waals surface area contributed by atoms with Gasteiger partial charge in [0.25, 0.3) is 0 Å². The number of aryl methyl sites for hydroxylation is 1. The molecule has 1 aromatic rings. The Labute approximate surface area is 104 Å². The normalized spacial score (nSPS) is 12.2. The fraction of sp³-hybridized carbons (Fsp3) is 0.417. The van der Waals surface area contributed by atoms with Crippen LogP contribution in [0.25, 0.3) is 0 Å². The molecule has 3 nitrogen and oxygen atoms in total. The monoisotopic (exact) mass is 285 g/mol. The number of rotatable bonds is 5. The molecule has 0 aliphatic heterocycles. The predicted octanol–water partition coefficient (Wildman–Crippen LogP) is 3.42. The molecule has 0 unspecified atom stereocenters. The number of carbonyl (C=O) groups is 1. The van der Waals surface area contributed by atoms with Gasteiger partial charge in [-0.2, -0.15) is 0 Å². The molecule has 0 bridgehead atoms. The average molecular weight is 286 g/mol. The van der Waals surface area contributed by atoms with Crippen LogP contribution in [0.1, 0.15) is 25.3 Å². The van der Waals surface area contributed by atoms with Crippen molar-refractivity contribution in [1.29, 1.82) is 0 Å². The van der Waals surface area contributed by atoms with Crippen LogP contribution in [0.15, 0.2) is 22.7 Å². The third kappa shape index (κ3) is 3.52. The topological polar surface area (TPSA) is 49.3 Å². The number of hydrogen-bond acceptors (Lipinski definition) is 2. The van der Waals surface area contributed by atoms with Crippen molar-refractivity contribution in [1.82, 2.24) is 0 Å². The first kappa shape index (κ1) is 13.0. The molecule has 0 spiro atoms. The zero-order valence-electron chi connectivity index (χ0n) is 9.46. The van der Waals surface area contributed by atoms with Crippen molar-refractivity contribution in [2.24, 2.45) is 0 Å². The van der Waals surface area contributed by atoms with Crippen LogP contribution in [0.2, 0.25) is 0 Å². The first-order chi connectivity index (χ1) is 7.54. The number of carboxylic acids is 1. The second-order valence-electron chi connectivity index (χ2n) is 3.81. The highest BCUT2D eigenvalue weighted by Crippen LogP contribution is 2.24. The van der Waals surface area contributed by atoms with Crippen LogP contribution in [0.5, 0.6) is 0 Å². The summed E-state index contributed by atoms with van der Waals surface area (Å²) < 4.78 is 0.898. The molecule has 4 heteroatoms. The second-order valence-corrected chi connectivity index (χ2v) is 4.66. The average Bonchev–Trinajstić information content (AvgIpc) is 2.20. The van der Waals surface area contributed by atoms with Gasteiger partial charge in [-0.15, -0.1) is 0 Å². The van der Waals surface area contributed by atoms with Gasteiger partial charge in [-0.3, -0.25) is 0 Å². The summed E-state index contributed by atoms with van der Waals surface area (Å²) in [6, 6.07) is 5.29. The van der Waals surface area contributed by atoms with Gasteiger partial charge < -0.3 is 10.4 Å². The summed E-state index contributed by atoms with van der Waals surface area (Å²) in [6.07, 6.45) is 1.46. The highest BCUT2D eigenvalue weighted by Gasteiger charge is 2.16. The van der Waals surface area contributed by atoms with Crippen LogP contribution >= 0.6 is 15.9 Å². The Balaban J connectivity index is 2.81. The van der Waals surface area contributed by atoms with Gasteiger partial charge in [-0.05, 0) is 47.0 Å². The molecule has 0 fully saturated rings. The van der Waals surface area contributed by atoms with Crippen LogP contribution in [0, 0.1) is 6.92 Å². The lowest BCUT2D eigenvalue weighted by atomic mass is 10.1. The van der Waals surface area contributed by atoms with Crippen LogP contribution in [0.3, 0.4) is 0 Å². The van der Waals surface area contributed by atoms with Gasteiger partial charge >= 0.3 is 5.97 Å². The molecule has 88 valence electrons. The number of aliphatic carboxylic acids is 1. The Morgan fingerprint density at radius 1 is 1.56 bits per heavy atom. The molecule has 0 saturated carbocycles. The fourth-order valence-corrected chi connectivity index (χ4v) is 2.08. The summed E-state index contributed by atoms with van der Waals surface area (Å²) in [7, 11) is 0. The lowest BCUT2D eigenvalue weighted by Crippen LogP contribution is -2.29. The third-order valence-corrected chi connectivity index (χ3v) is 2.99. The molecular weight excluding hydrogens is 270 g/mol. The highest BCUT2D eigenvalue weighted by molar-refractivity contribution is 9.10. The van der Waals surface area contributed by atoms with Gasteiger partial charge in [-0.1, -0.05) is 19.4 Å². The molecular formula is C12H16BrNO2. The van der Waals surface area contributed by atoms with E-state index in [1.807, 2.05) is 32.0 Å². The Morgan fingerprint density at radius 2 is 2.25 bits per heavy atom. The molecule has 0 amide bonds. The smallest absolute Gasteiger partial charge is 0.326 e. The largest absolute Gasteiger partial charge is 0.480 e. The standard InChI is InChI=1S/C12H16BrNO2/c1-3-4-11(12(15)16)14-10-6-5-8(2)7-9(10)13/h5-7,11,14H,3-4H2,1-2H3,(H,15,16)/t11-/m0/s1. The van der Waals surface area contributed by atoms with E-state index in [1.165, 1.54) is 0 Å². The summed E-state index contributed by atoms with van der Waals surface area (Å²) >= 11 is 3.42. The molecule has 0 heterocycles. The lowest BCUT2D eigenvalue weighted by molar-refractivity contribution is -0.138. The Kier molecular flexibility index (Phi) is 4.80. The third-order valence-electron chi connectivity index (χ3n) is 2.33. The van der Waals surface area contributed by atoms with E-state index in [0.717, 1.165) is 22.1 Å². The maximum atomic E-state index is 11.0. The molecule has 1 atom stereocenters. The summed E-state index contributed by atoms with van der Waals surface area (Å²) in [5.74, 6) is -0.811. The van der Waals surface area contributed by atoms with Gasteiger partial charge in [0, 0.05) is 10.2 Å². The molecule has 2 N–H and O–H groups in total. The molecule has 0 aliphatic rings. The van der Waals surface area contributed by atoms with Crippen molar-refractivity contribution in [3.05, 3.63) is 28.2 Å². The van der Waals surface area contributed by atoms with Gasteiger partial charge in [0.2, 0.25) is 0 Å². The molecule has 1 rings (SSSR count). The zero-order chi connectivity index (χ0) is 12.1. The van der Waals surface area contributed by atoms with Crippen LogP contribution in [0.4, 0.5) is 5.69 Å². The number of carboxylic acid groups (broad SMARTS) is 1. The number of benzene rings is 1. The first-order valence-electron chi connectivity index (χ1n) is 5.30. The van der Waals surface area contributed by atoms with Gasteiger partial charge in [0.15, 0.2) is 0 Å². The molecule has 0 saturated heterocycles. The number of halogens is 1. The van der Waals surface area contributed by atoms with Crippen molar-refractivity contribution < 1.29 is 9.90 Å². The SMILES string of the molecule is CCC[C@H](Nc1ccc(C)cc1Br)C(=O)O. The van der Waals surface area contributed by atoms with Crippen LogP contribution in [-0.2, 0) is 4.79 Å². The van der Waals surface area contributed by atoms with E-state index in [4.69, 9.17) is 5.11 Å². The second kappa shape index (κ2) is 5.89. The van der Waals surface area contributed by atoms with E-state index in [1.54, 1.807) is 0 Å². The maximum Gasteiger partial charge on any atom is 0.326 e. The molecule has 0 radical (unpaired) electrons. The molecule has 0 aliphatic carbocycles. The fourth-order valence-electron chi connectivity index (χ4n) is 1.47. The Bertz CT molecular complexity index is 379. The van der Waals surface area contributed by atoms with Crippen molar-refractivity contribution in [2.75, 3.05) is 5.32 Å². The summed E-state index contributed by atoms with van der Waals surface area (Å²) in [4.78, 5) is 11.0. The van der Waals surface area contributed by atoms with Crippen molar-refractivity contribution >= 4 is 27.6 Å². The Hall–Kier alpha value is -1.03. The highest BCUT2D eigenvalue weighted by atomic mass is 79.9. The number of nitrogens with one attached hydrogen (secondary N) is 1.